The minimum Gasteiger partial charge on any atom is -0.497 e. The molecule has 0 N–H and O–H groups in total. The van der Waals surface area contributed by atoms with Crippen LogP contribution in [0.25, 0.3) is 16.7 Å². The molecule has 1 heterocycles. The van der Waals surface area contributed by atoms with Gasteiger partial charge in [0.05, 0.1) is 29.7 Å². The monoisotopic (exact) mass is 364 g/mol. The first kappa shape index (κ1) is 14.4. The largest absolute Gasteiger partial charge is 0.497 e. The summed E-state index contributed by atoms with van der Waals surface area (Å²) in [6, 6.07) is 12.0. The van der Waals surface area contributed by atoms with Crippen molar-refractivity contribution in [2.45, 2.75) is 12.8 Å². The van der Waals surface area contributed by atoms with Gasteiger partial charge in [0.2, 0.25) is 0 Å². The second-order valence-electron chi connectivity index (χ2n) is 4.76. The molecule has 3 aromatic rings. The first-order valence-corrected chi connectivity index (χ1v) is 7.85. The van der Waals surface area contributed by atoms with Crippen LogP contribution in [0.15, 0.2) is 40.9 Å². The van der Waals surface area contributed by atoms with Gasteiger partial charge >= 0.3 is 0 Å². The topological polar surface area (TPSA) is 27.1 Å². The normalized spacial score (nSPS) is 11.0. The Labute approximate surface area is 136 Å². The summed E-state index contributed by atoms with van der Waals surface area (Å²) in [5.41, 5.74) is 4.10. The van der Waals surface area contributed by atoms with Gasteiger partial charge in [0.15, 0.2) is 0 Å². The Morgan fingerprint density at radius 1 is 1.29 bits per heavy atom. The molecule has 0 atom stereocenters. The summed E-state index contributed by atoms with van der Waals surface area (Å²) < 4.78 is 8.39. The summed E-state index contributed by atoms with van der Waals surface area (Å²) in [4.78, 5) is 4.62. The number of nitrogens with zero attached hydrogens (tertiary/aromatic N) is 2. The van der Waals surface area contributed by atoms with E-state index >= 15 is 0 Å². The molecule has 108 valence electrons. The number of hydrogen-bond acceptors (Lipinski definition) is 2. The summed E-state index contributed by atoms with van der Waals surface area (Å²) in [7, 11) is 1.65. The molecular formula is C16H14BrClN2O. The lowest BCUT2D eigenvalue weighted by atomic mass is 10.2. The number of ether oxygens (including phenoxy) is 1. The van der Waals surface area contributed by atoms with Crippen LogP contribution in [-0.4, -0.2) is 16.7 Å². The number of imidazole rings is 1. The van der Waals surface area contributed by atoms with Crippen LogP contribution in [0.3, 0.4) is 0 Å². The maximum Gasteiger partial charge on any atom is 0.129 e. The van der Waals surface area contributed by atoms with E-state index in [-0.39, 0.29) is 0 Å². The van der Waals surface area contributed by atoms with Crippen molar-refractivity contribution in [1.82, 2.24) is 9.55 Å². The highest BCUT2D eigenvalue weighted by Gasteiger charge is 2.15. The minimum absolute atomic E-state index is 0.345. The fourth-order valence-electron chi connectivity index (χ4n) is 2.40. The summed E-state index contributed by atoms with van der Waals surface area (Å²) in [5, 5.41) is 0. The molecule has 0 unspecified atom stereocenters. The number of methoxy groups -OCH3 is 1. The molecular weight excluding hydrogens is 352 g/mol. The second kappa shape index (κ2) is 5.70. The molecule has 5 heteroatoms. The smallest absolute Gasteiger partial charge is 0.129 e. The quantitative estimate of drug-likeness (QED) is 0.621. The van der Waals surface area contributed by atoms with Gasteiger partial charge in [-0.3, -0.25) is 4.57 Å². The molecule has 0 fully saturated rings. The van der Waals surface area contributed by atoms with E-state index in [0.29, 0.717) is 5.88 Å². The third-order valence-electron chi connectivity index (χ3n) is 3.46. The van der Waals surface area contributed by atoms with Crippen molar-refractivity contribution in [3.63, 3.8) is 0 Å². The number of halogens is 2. The van der Waals surface area contributed by atoms with Gasteiger partial charge in [-0.25, -0.2) is 4.98 Å². The standard InChI is InChI=1S/C16H14BrClN2O/c1-10-4-3-5-14(16(10)17)20-13-7-6-11(21-2)8-12(13)19-15(20)9-18/h3-8H,9H2,1-2H3. The number of hydrogen-bond donors (Lipinski definition) is 0. The third kappa shape index (κ3) is 2.43. The molecule has 1 aromatic heterocycles. The van der Waals surface area contributed by atoms with Crippen LogP contribution in [0, 0.1) is 6.92 Å². The Morgan fingerprint density at radius 2 is 2.10 bits per heavy atom. The first-order chi connectivity index (χ1) is 10.2. The van der Waals surface area contributed by atoms with Crippen molar-refractivity contribution in [3.8, 4) is 11.4 Å². The predicted molar refractivity (Wildman–Crippen MR) is 89.6 cm³/mol. The Morgan fingerprint density at radius 3 is 2.81 bits per heavy atom. The van der Waals surface area contributed by atoms with E-state index in [1.54, 1.807) is 7.11 Å². The molecule has 2 aromatic carbocycles. The lowest BCUT2D eigenvalue weighted by molar-refractivity contribution is 0.415. The number of rotatable bonds is 3. The van der Waals surface area contributed by atoms with Gasteiger partial charge in [-0.15, -0.1) is 11.6 Å². The van der Waals surface area contributed by atoms with Crippen LogP contribution in [0.5, 0.6) is 5.75 Å². The second-order valence-corrected chi connectivity index (χ2v) is 5.82. The van der Waals surface area contributed by atoms with E-state index in [1.165, 1.54) is 5.56 Å². The summed E-state index contributed by atoms with van der Waals surface area (Å²) >= 11 is 9.75. The van der Waals surface area contributed by atoms with Gasteiger partial charge in [-0.1, -0.05) is 12.1 Å². The molecule has 0 aliphatic carbocycles. The van der Waals surface area contributed by atoms with Crippen LogP contribution in [0.1, 0.15) is 11.4 Å². The van der Waals surface area contributed by atoms with E-state index in [4.69, 9.17) is 16.3 Å². The fraction of sp³-hybridized carbons (Fsp3) is 0.188. The fourth-order valence-corrected chi connectivity index (χ4v) is 3.02. The average molecular weight is 366 g/mol. The highest BCUT2D eigenvalue weighted by molar-refractivity contribution is 9.10. The molecule has 0 bridgehead atoms. The van der Waals surface area contributed by atoms with Gasteiger partial charge in [0.25, 0.3) is 0 Å². The lowest BCUT2D eigenvalue weighted by Gasteiger charge is -2.12. The first-order valence-electron chi connectivity index (χ1n) is 6.52. The summed E-state index contributed by atoms with van der Waals surface area (Å²) in [6.45, 7) is 2.07. The Kier molecular flexibility index (Phi) is 3.91. The number of aryl methyl sites for hydroxylation is 1. The van der Waals surface area contributed by atoms with Gasteiger partial charge in [-0.2, -0.15) is 0 Å². The SMILES string of the molecule is COc1ccc2c(c1)nc(CCl)n2-c1cccc(C)c1Br. The van der Waals surface area contributed by atoms with E-state index in [0.717, 1.165) is 32.8 Å². The van der Waals surface area contributed by atoms with Gasteiger partial charge in [0.1, 0.15) is 11.6 Å². The molecule has 0 aliphatic rings. The molecule has 0 amide bonds. The van der Waals surface area contributed by atoms with Crippen molar-refractivity contribution >= 4 is 38.6 Å². The van der Waals surface area contributed by atoms with Crippen LogP contribution < -0.4 is 4.74 Å². The van der Waals surface area contributed by atoms with E-state index < -0.39 is 0 Å². The molecule has 3 rings (SSSR count). The van der Waals surface area contributed by atoms with Crippen LogP contribution in [-0.2, 0) is 5.88 Å². The minimum atomic E-state index is 0.345. The molecule has 0 saturated carbocycles. The van der Waals surface area contributed by atoms with E-state index in [1.807, 2.05) is 24.3 Å². The van der Waals surface area contributed by atoms with Crippen molar-refractivity contribution in [2.24, 2.45) is 0 Å². The highest BCUT2D eigenvalue weighted by Crippen LogP contribution is 2.31. The number of benzene rings is 2. The molecule has 3 nitrogen and oxygen atoms in total. The molecule has 0 aliphatic heterocycles. The van der Waals surface area contributed by atoms with Crippen LogP contribution >= 0.6 is 27.5 Å². The summed E-state index contributed by atoms with van der Waals surface area (Å²) in [6.07, 6.45) is 0. The zero-order valence-electron chi connectivity index (χ0n) is 11.7. The van der Waals surface area contributed by atoms with Gasteiger partial charge in [-0.05, 0) is 46.6 Å². The molecule has 0 radical (unpaired) electrons. The maximum atomic E-state index is 6.09. The Bertz CT molecular complexity index is 813. The third-order valence-corrected chi connectivity index (χ3v) is 4.73. The van der Waals surface area contributed by atoms with Crippen LogP contribution in [0.2, 0.25) is 0 Å². The Balaban J connectivity index is 2.32. The zero-order chi connectivity index (χ0) is 15.0. The Hall–Kier alpha value is -1.52. The zero-order valence-corrected chi connectivity index (χ0v) is 14.1. The van der Waals surface area contributed by atoms with Crippen molar-refractivity contribution in [1.29, 1.82) is 0 Å². The number of fused-ring (bicyclic) bond motifs is 1. The van der Waals surface area contributed by atoms with Crippen molar-refractivity contribution in [2.75, 3.05) is 7.11 Å². The predicted octanol–water partition coefficient (Wildman–Crippen LogP) is 4.84. The highest BCUT2D eigenvalue weighted by atomic mass is 79.9. The van der Waals surface area contributed by atoms with Gasteiger partial charge < -0.3 is 4.74 Å². The average Bonchev–Trinajstić information content (AvgIpc) is 2.87. The molecule has 21 heavy (non-hydrogen) atoms. The van der Waals surface area contributed by atoms with E-state index in [9.17, 15) is 0 Å². The van der Waals surface area contributed by atoms with Crippen LogP contribution in [0.4, 0.5) is 0 Å². The summed E-state index contributed by atoms with van der Waals surface area (Å²) in [5.74, 6) is 1.94. The van der Waals surface area contributed by atoms with Gasteiger partial charge in [0, 0.05) is 10.5 Å². The number of alkyl halides is 1. The van der Waals surface area contributed by atoms with Crippen molar-refractivity contribution in [3.05, 3.63) is 52.3 Å². The van der Waals surface area contributed by atoms with Crippen molar-refractivity contribution < 1.29 is 4.74 Å². The molecule has 0 saturated heterocycles. The lowest BCUT2D eigenvalue weighted by Crippen LogP contribution is -2.01. The van der Waals surface area contributed by atoms with E-state index in [2.05, 4.69) is 44.5 Å². The molecule has 0 spiro atoms. The maximum absolute atomic E-state index is 6.09. The number of aromatic nitrogens is 2.